The van der Waals surface area contributed by atoms with E-state index >= 15 is 0 Å². The number of amides is 1. The zero-order chi connectivity index (χ0) is 14.5. The van der Waals surface area contributed by atoms with Crippen LogP contribution in [0.4, 0.5) is 0 Å². The highest BCUT2D eigenvalue weighted by atomic mass is 32.2. The molecule has 1 heterocycles. The summed E-state index contributed by atoms with van der Waals surface area (Å²) in [5, 5.41) is 1.91. The third kappa shape index (κ3) is 3.48. The number of carbonyl (C=O) groups is 1. The fourth-order valence-corrected chi connectivity index (χ4v) is 2.81. The van der Waals surface area contributed by atoms with Crippen molar-refractivity contribution < 1.29 is 4.79 Å². The maximum atomic E-state index is 11.7. The largest absolute Gasteiger partial charge is 0.348 e. The Morgan fingerprint density at radius 1 is 1.25 bits per heavy atom. The van der Waals surface area contributed by atoms with Crippen LogP contribution in [-0.4, -0.2) is 40.6 Å². The van der Waals surface area contributed by atoms with Crippen LogP contribution in [0.5, 0.6) is 0 Å². The van der Waals surface area contributed by atoms with Crippen LogP contribution in [0.1, 0.15) is 19.2 Å². The first kappa shape index (κ1) is 14.8. The summed E-state index contributed by atoms with van der Waals surface area (Å²) in [7, 11) is 3.53. The predicted octanol–water partition coefficient (Wildman–Crippen LogP) is 2.76. The number of aromatic nitrogens is 2. The van der Waals surface area contributed by atoms with Crippen molar-refractivity contribution in [1.82, 2.24) is 14.9 Å². The van der Waals surface area contributed by atoms with Crippen LogP contribution in [0.3, 0.4) is 0 Å². The summed E-state index contributed by atoms with van der Waals surface area (Å²) in [6, 6.07) is 7.95. The molecule has 0 atom stereocenters. The summed E-state index contributed by atoms with van der Waals surface area (Å²) in [5.74, 6) is 1.35. The molecule has 2 aromatic rings. The number of benzene rings is 1. The quantitative estimate of drug-likeness (QED) is 0.627. The molecule has 0 saturated heterocycles. The number of rotatable bonds is 5. The van der Waals surface area contributed by atoms with Crippen LogP contribution >= 0.6 is 11.8 Å². The molecule has 0 unspecified atom stereocenters. The van der Waals surface area contributed by atoms with Gasteiger partial charge in [0.15, 0.2) is 0 Å². The molecule has 2 rings (SSSR count). The number of carbonyl (C=O) groups excluding carboxylic acids is 1. The molecule has 0 aliphatic carbocycles. The van der Waals surface area contributed by atoms with E-state index in [1.807, 2.05) is 24.3 Å². The van der Waals surface area contributed by atoms with E-state index in [1.54, 1.807) is 19.0 Å². The van der Waals surface area contributed by atoms with Crippen molar-refractivity contribution in [2.45, 2.75) is 24.8 Å². The van der Waals surface area contributed by atoms with Gasteiger partial charge in [0.1, 0.15) is 10.9 Å². The van der Waals surface area contributed by atoms with Gasteiger partial charge in [-0.2, -0.15) is 0 Å². The van der Waals surface area contributed by atoms with Crippen LogP contribution in [0.25, 0.3) is 10.9 Å². The zero-order valence-corrected chi connectivity index (χ0v) is 12.9. The Labute approximate surface area is 123 Å². The van der Waals surface area contributed by atoms with E-state index in [9.17, 15) is 4.79 Å². The molecule has 0 aliphatic rings. The molecule has 5 heteroatoms. The van der Waals surface area contributed by atoms with Gasteiger partial charge in [0.05, 0.1) is 11.3 Å². The molecule has 0 N–H and O–H groups in total. The number of nitrogens with zero attached hydrogens (tertiary/aromatic N) is 3. The SMILES string of the molecule is CCCc1nc(SCC(=O)N(C)C)c2ccccc2n1. The summed E-state index contributed by atoms with van der Waals surface area (Å²) in [4.78, 5) is 22.5. The molecule has 0 saturated carbocycles. The average molecular weight is 289 g/mol. The van der Waals surface area contributed by atoms with Crippen LogP contribution in [-0.2, 0) is 11.2 Å². The first-order valence-electron chi connectivity index (χ1n) is 6.70. The molecule has 1 amide bonds. The molecular formula is C15H19N3OS. The molecule has 20 heavy (non-hydrogen) atoms. The van der Waals surface area contributed by atoms with E-state index in [4.69, 9.17) is 0 Å². The minimum atomic E-state index is 0.0923. The Kier molecular flexibility index (Phi) is 4.95. The smallest absolute Gasteiger partial charge is 0.232 e. The number of aryl methyl sites for hydroxylation is 1. The van der Waals surface area contributed by atoms with Gasteiger partial charge in [0, 0.05) is 25.9 Å². The number of hydrogen-bond donors (Lipinski definition) is 0. The standard InChI is InChI=1S/C15H19N3OS/c1-4-7-13-16-12-9-6-5-8-11(12)15(17-13)20-10-14(19)18(2)3/h5-6,8-9H,4,7,10H2,1-3H3. The highest BCUT2D eigenvalue weighted by Crippen LogP contribution is 2.25. The number of hydrogen-bond acceptors (Lipinski definition) is 4. The lowest BCUT2D eigenvalue weighted by Crippen LogP contribution is -2.23. The van der Waals surface area contributed by atoms with Crippen molar-refractivity contribution >= 4 is 28.6 Å². The molecular weight excluding hydrogens is 270 g/mol. The van der Waals surface area contributed by atoms with Crippen molar-refractivity contribution in [2.24, 2.45) is 0 Å². The first-order chi connectivity index (χ1) is 9.61. The number of fused-ring (bicyclic) bond motifs is 1. The van der Waals surface area contributed by atoms with Gasteiger partial charge in [-0.05, 0) is 12.5 Å². The van der Waals surface area contributed by atoms with Crippen molar-refractivity contribution in [1.29, 1.82) is 0 Å². The summed E-state index contributed by atoms with van der Waals surface area (Å²) in [5.41, 5.74) is 0.950. The Bertz CT molecular complexity index is 613. The van der Waals surface area contributed by atoms with E-state index in [0.717, 1.165) is 34.6 Å². The number of thioether (sulfide) groups is 1. The summed E-state index contributed by atoms with van der Waals surface area (Å²) in [6.07, 6.45) is 1.87. The second-order valence-corrected chi connectivity index (χ2v) is 5.75. The van der Waals surface area contributed by atoms with Crippen molar-refractivity contribution in [2.75, 3.05) is 19.8 Å². The predicted molar refractivity (Wildman–Crippen MR) is 83.0 cm³/mol. The van der Waals surface area contributed by atoms with E-state index in [0.29, 0.717) is 5.75 Å². The van der Waals surface area contributed by atoms with E-state index in [-0.39, 0.29) is 5.91 Å². The van der Waals surface area contributed by atoms with Gasteiger partial charge in [-0.25, -0.2) is 9.97 Å². The summed E-state index contributed by atoms with van der Waals surface area (Å²) >= 11 is 1.48. The van der Waals surface area contributed by atoms with Gasteiger partial charge in [-0.3, -0.25) is 4.79 Å². The zero-order valence-electron chi connectivity index (χ0n) is 12.1. The average Bonchev–Trinajstić information content (AvgIpc) is 2.44. The van der Waals surface area contributed by atoms with Crippen LogP contribution in [0.15, 0.2) is 29.3 Å². The monoisotopic (exact) mass is 289 g/mol. The van der Waals surface area contributed by atoms with Crippen molar-refractivity contribution in [3.05, 3.63) is 30.1 Å². The van der Waals surface area contributed by atoms with Gasteiger partial charge < -0.3 is 4.90 Å². The third-order valence-corrected chi connectivity index (χ3v) is 3.90. The fourth-order valence-electron chi connectivity index (χ4n) is 1.80. The van der Waals surface area contributed by atoms with Crippen LogP contribution in [0.2, 0.25) is 0 Å². The molecule has 0 bridgehead atoms. The lowest BCUT2D eigenvalue weighted by molar-refractivity contribution is -0.125. The molecule has 0 radical (unpaired) electrons. The molecule has 4 nitrogen and oxygen atoms in total. The van der Waals surface area contributed by atoms with E-state index < -0.39 is 0 Å². The third-order valence-electron chi connectivity index (χ3n) is 2.92. The summed E-state index contributed by atoms with van der Waals surface area (Å²) < 4.78 is 0. The van der Waals surface area contributed by atoms with Crippen molar-refractivity contribution in [3.63, 3.8) is 0 Å². The topological polar surface area (TPSA) is 46.1 Å². The van der Waals surface area contributed by atoms with Gasteiger partial charge in [-0.15, -0.1) is 0 Å². The summed E-state index contributed by atoms with van der Waals surface area (Å²) in [6.45, 7) is 2.11. The lowest BCUT2D eigenvalue weighted by atomic mass is 10.2. The molecule has 1 aromatic heterocycles. The lowest BCUT2D eigenvalue weighted by Gasteiger charge is -2.11. The highest BCUT2D eigenvalue weighted by molar-refractivity contribution is 8.00. The second-order valence-electron chi connectivity index (χ2n) is 4.79. The molecule has 1 aromatic carbocycles. The molecule has 106 valence electrons. The van der Waals surface area contributed by atoms with Gasteiger partial charge >= 0.3 is 0 Å². The Balaban J connectivity index is 2.32. The number of para-hydroxylation sites is 1. The maximum Gasteiger partial charge on any atom is 0.232 e. The molecule has 0 aliphatic heterocycles. The Hall–Kier alpha value is -1.62. The molecule has 0 spiro atoms. The fraction of sp³-hybridized carbons (Fsp3) is 0.400. The minimum Gasteiger partial charge on any atom is -0.348 e. The van der Waals surface area contributed by atoms with Crippen LogP contribution < -0.4 is 0 Å². The first-order valence-corrected chi connectivity index (χ1v) is 7.69. The van der Waals surface area contributed by atoms with E-state index in [1.165, 1.54) is 11.8 Å². The Morgan fingerprint density at radius 2 is 2.00 bits per heavy atom. The van der Waals surface area contributed by atoms with Gasteiger partial charge in [-0.1, -0.05) is 36.9 Å². The maximum absolute atomic E-state index is 11.7. The van der Waals surface area contributed by atoms with Crippen molar-refractivity contribution in [3.8, 4) is 0 Å². The normalized spacial score (nSPS) is 10.8. The van der Waals surface area contributed by atoms with Crippen LogP contribution in [0, 0.1) is 0 Å². The highest BCUT2D eigenvalue weighted by Gasteiger charge is 2.11. The molecule has 0 fully saturated rings. The van der Waals surface area contributed by atoms with E-state index in [2.05, 4.69) is 16.9 Å². The Morgan fingerprint density at radius 3 is 2.70 bits per heavy atom. The minimum absolute atomic E-state index is 0.0923. The van der Waals surface area contributed by atoms with Gasteiger partial charge in [0.2, 0.25) is 5.91 Å². The second kappa shape index (κ2) is 6.70. The van der Waals surface area contributed by atoms with Gasteiger partial charge in [0.25, 0.3) is 0 Å².